The van der Waals surface area contributed by atoms with Crippen molar-refractivity contribution >= 4 is 17.8 Å². The predicted octanol–water partition coefficient (Wildman–Crippen LogP) is -8.64. The highest BCUT2D eigenvalue weighted by molar-refractivity contribution is 5.81. The number of nitrogens with one attached hydrogen (secondary N) is 1. The number of nitrogens with two attached hydrogens (primary N) is 6. The van der Waals surface area contributed by atoms with Crippen LogP contribution in [0, 0.1) is 0 Å². The second-order valence-corrected chi connectivity index (χ2v) is 11.9. The largest absolute Gasteiger partial charge is 0.463 e. The van der Waals surface area contributed by atoms with Gasteiger partial charge >= 0.3 is 5.97 Å². The van der Waals surface area contributed by atoms with Crippen molar-refractivity contribution < 1.29 is 68.7 Å². The minimum atomic E-state index is -1.74. The SMILES string of the molecule is NCC[C@H](O)C(=O)N[C@@H]1C[C@H](N)[C@@H](O[C@H]2O[C@H](CN)[C@@H](O)[C@H](O)[C@H]2N)[C@H](O)[C@H]1O[C@H]1O[C@H](COC(=O)CCC(N)=O)[C@@H](O)[C@H](N)[C@H]1O. The van der Waals surface area contributed by atoms with E-state index < -0.39 is 122 Å². The van der Waals surface area contributed by atoms with Gasteiger partial charge in [0.15, 0.2) is 12.6 Å². The topological polar surface area (TPSA) is 387 Å². The molecule has 16 atom stereocenters. The molecule has 1 saturated carbocycles. The van der Waals surface area contributed by atoms with E-state index in [0.29, 0.717) is 0 Å². The van der Waals surface area contributed by atoms with Crippen molar-refractivity contribution in [3.63, 3.8) is 0 Å². The van der Waals surface area contributed by atoms with Crippen molar-refractivity contribution in [2.75, 3.05) is 19.7 Å². The Kier molecular flexibility index (Phi) is 14.6. The zero-order chi connectivity index (χ0) is 35.2. The van der Waals surface area contributed by atoms with Gasteiger partial charge in [-0.1, -0.05) is 0 Å². The van der Waals surface area contributed by atoms with Crippen molar-refractivity contribution in [1.29, 1.82) is 0 Å². The summed E-state index contributed by atoms with van der Waals surface area (Å²) in [6.45, 7) is -0.790. The van der Waals surface area contributed by atoms with Gasteiger partial charge in [-0.05, 0) is 19.4 Å². The van der Waals surface area contributed by atoms with Gasteiger partial charge < -0.3 is 94.0 Å². The molecule has 0 bridgehead atoms. The van der Waals surface area contributed by atoms with Gasteiger partial charge in [0.1, 0.15) is 67.6 Å². The number of primary amides is 1. The summed E-state index contributed by atoms with van der Waals surface area (Å²) in [5, 5.41) is 66.3. The highest BCUT2D eigenvalue weighted by Crippen LogP contribution is 2.32. The molecule has 0 radical (unpaired) electrons. The molecular weight excluding hydrogens is 634 g/mol. The number of hydrogen-bond acceptors (Lipinski definition) is 19. The van der Waals surface area contributed by atoms with Crippen molar-refractivity contribution in [3.05, 3.63) is 0 Å². The monoisotopic (exact) mass is 683 g/mol. The lowest BCUT2D eigenvalue weighted by Gasteiger charge is -2.49. The van der Waals surface area contributed by atoms with Crippen LogP contribution in [0.2, 0.25) is 0 Å². The van der Waals surface area contributed by atoms with Gasteiger partial charge in [0.05, 0.1) is 24.5 Å². The lowest BCUT2D eigenvalue weighted by molar-refractivity contribution is -0.320. The molecule has 0 aromatic rings. The first kappa shape index (κ1) is 39.3. The molecule has 47 heavy (non-hydrogen) atoms. The molecule has 21 nitrogen and oxygen atoms in total. The van der Waals surface area contributed by atoms with Gasteiger partial charge in [-0.15, -0.1) is 0 Å². The van der Waals surface area contributed by atoms with Gasteiger partial charge in [0.2, 0.25) is 11.8 Å². The van der Waals surface area contributed by atoms with Crippen molar-refractivity contribution in [2.45, 2.75) is 123 Å². The molecule has 2 saturated heterocycles. The normalized spacial score (nSPS) is 41.6. The predicted molar refractivity (Wildman–Crippen MR) is 156 cm³/mol. The molecule has 3 fully saturated rings. The van der Waals surface area contributed by atoms with Gasteiger partial charge in [-0.3, -0.25) is 14.4 Å². The number of rotatable bonds is 14. The van der Waals surface area contributed by atoms with Gasteiger partial charge in [0, 0.05) is 19.0 Å². The molecule has 272 valence electrons. The Morgan fingerprint density at radius 2 is 1.45 bits per heavy atom. The first-order chi connectivity index (χ1) is 22.1. The van der Waals surface area contributed by atoms with E-state index in [-0.39, 0.29) is 38.8 Å². The number of hydrogen-bond donors (Lipinski definition) is 13. The Bertz CT molecular complexity index is 1050. The molecule has 3 rings (SSSR count). The Labute approximate surface area is 269 Å². The Morgan fingerprint density at radius 3 is 2.06 bits per heavy atom. The maximum atomic E-state index is 12.7. The van der Waals surface area contributed by atoms with Crippen LogP contribution >= 0.6 is 0 Å². The van der Waals surface area contributed by atoms with Crippen LogP contribution in [0.3, 0.4) is 0 Å². The number of carbonyl (C=O) groups excluding carboxylic acids is 3. The summed E-state index contributed by atoms with van der Waals surface area (Å²) in [6.07, 6.45) is -18.7. The fourth-order valence-electron chi connectivity index (χ4n) is 5.57. The first-order valence-corrected chi connectivity index (χ1v) is 15.2. The first-order valence-electron chi connectivity index (χ1n) is 15.2. The van der Waals surface area contributed by atoms with E-state index in [9.17, 15) is 45.0 Å². The van der Waals surface area contributed by atoms with E-state index in [2.05, 4.69) is 5.32 Å². The molecule has 2 aliphatic heterocycles. The molecule has 2 heterocycles. The van der Waals surface area contributed by atoms with E-state index >= 15 is 0 Å². The van der Waals surface area contributed by atoms with Crippen LogP contribution < -0.4 is 39.7 Å². The number of aliphatic hydroxyl groups is 6. The lowest BCUT2D eigenvalue weighted by atomic mass is 9.83. The third-order valence-electron chi connectivity index (χ3n) is 8.39. The molecule has 0 aromatic heterocycles. The quantitative estimate of drug-likeness (QED) is 0.0755. The molecule has 2 amide bonds. The summed E-state index contributed by atoms with van der Waals surface area (Å²) < 4.78 is 28.2. The van der Waals surface area contributed by atoms with Crippen molar-refractivity contribution in [2.24, 2.45) is 34.4 Å². The molecule has 0 spiro atoms. The van der Waals surface area contributed by atoms with Crippen molar-refractivity contribution in [3.8, 4) is 0 Å². The van der Waals surface area contributed by atoms with Gasteiger partial charge in [-0.25, -0.2) is 0 Å². The summed E-state index contributed by atoms with van der Waals surface area (Å²) in [5.74, 6) is -2.43. The van der Waals surface area contributed by atoms with Crippen LogP contribution in [0.25, 0.3) is 0 Å². The second-order valence-electron chi connectivity index (χ2n) is 11.9. The Balaban J connectivity index is 1.83. The number of amides is 2. The summed E-state index contributed by atoms with van der Waals surface area (Å²) in [4.78, 5) is 35.7. The fourth-order valence-corrected chi connectivity index (χ4v) is 5.57. The zero-order valence-electron chi connectivity index (χ0n) is 25.6. The molecule has 0 unspecified atom stereocenters. The Morgan fingerprint density at radius 1 is 0.809 bits per heavy atom. The zero-order valence-corrected chi connectivity index (χ0v) is 25.6. The number of ether oxygens (including phenoxy) is 5. The van der Waals surface area contributed by atoms with Crippen LogP contribution in [-0.2, 0) is 38.1 Å². The van der Waals surface area contributed by atoms with Crippen LogP contribution in [-0.4, -0.2) is 166 Å². The third kappa shape index (κ3) is 9.71. The standard InChI is InChI=1S/C26H49N7O14/c27-4-3-10(34)24(42)33-9-5-8(29)22(46-25-16(32)19(39)18(38)11(6-28)44-25)21(41)23(9)47-26-20(40)15(31)17(37)12(45-26)7-43-14(36)2-1-13(30)35/h8-12,15-23,25-26,34,37-41H,1-7,27-29,31-32H2,(H2,30,35)(H,33,42)/t8-,9+,10-,11+,12+,15-,16+,17+,18+,19+,20+,21-,22+,23-,25+,26+/m0/s1. The van der Waals surface area contributed by atoms with Gasteiger partial charge in [0.25, 0.3) is 0 Å². The van der Waals surface area contributed by atoms with Crippen molar-refractivity contribution in [1.82, 2.24) is 5.32 Å². The summed E-state index contributed by atoms with van der Waals surface area (Å²) in [7, 11) is 0. The number of aliphatic hydroxyl groups excluding tert-OH is 6. The lowest BCUT2D eigenvalue weighted by Crippen LogP contribution is -2.70. The molecular formula is C26H49N7O14. The highest BCUT2D eigenvalue weighted by Gasteiger charge is 2.52. The summed E-state index contributed by atoms with van der Waals surface area (Å²) in [5.41, 5.74) is 34.5. The molecule has 1 aliphatic carbocycles. The van der Waals surface area contributed by atoms with Crippen LogP contribution in [0.15, 0.2) is 0 Å². The number of carbonyl (C=O) groups is 3. The van der Waals surface area contributed by atoms with E-state index in [1.807, 2.05) is 0 Å². The molecule has 21 heteroatoms. The fraction of sp³-hybridized carbons (Fsp3) is 0.885. The summed E-state index contributed by atoms with van der Waals surface area (Å²) >= 11 is 0. The minimum Gasteiger partial charge on any atom is -0.463 e. The average molecular weight is 684 g/mol. The maximum absolute atomic E-state index is 12.7. The maximum Gasteiger partial charge on any atom is 0.306 e. The van der Waals surface area contributed by atoms with E-state index in [4.69, 9.17) is 58.1 Å². The average Bonchev–Trinajstić information content (AvgIpc) is 3.03. The molecule has 3 aliphatic rings. The van der Waals surface area contributed by atoms with Crippen LogP contribution in [0.5, 0.6) is 0 Å². The van der Waals surface area contributed by atoms with E-state index in [0.717, 1.165) is 0 Å². The minimum absolute atomic E-state index is 0.0139. The molecule has 0 aromatic carbocycles. The third-order valence-corrected chi connectivity index (χ3v) is 8.39. The van der Waals surface area contributed by atoms with E-state index in [1.54, 1.807) is 0 Å². The second kappa shape index (κ2) is 17.5. The van der Waals surface area contributed by atoms with E-state index in [1.165, 1.54) is 0 Å². The van der Waals surface area contributed by atoms with Gasteiger partial charge in [-0.2, -0.15) is 0 Å². The molecule has 19 N–H and O–H groups in total. The highest BCUT2D eigenvalue weighted by atomic mass is 16.7. The Hall–Kier alpha value is -2.19. The smallest absolute Gasteiger partial charge is 0.306 e. The van der Waals surface area contributed by atoms with Crippen LogP contribution in [0.4, 0.5) is 0 Å². The number of esters is 1. The summed E-state index contributed by atoms with van der Waals surface area (Å²) in [6, 6.07) is -4.90. The van der Waals surface area contributed by atoms with Crippen LogP contribution in [0.1, 0.15) is 25.7 Å².